The molecule has 0 radical (unpaired) electrons. The Hall–Kier alpha value is -0.0800. The lowest BCUT2D eigenvalue weighted by Gasteiger charge is -2.36. The predicted octanol–water partition coefficient (Wildman–Crippen LogP) is 2.47. The summed E-state index contributed by atoms with van der Waals surface area (Å²) in [4.78, 5) is 0. The average Bonchev–Trinajstić information content (AvgIpc) is 2.32. The maximum atomic E-state index is 5.88. The van der Waals surface area contributed by atoms with Crippen LogP contribution in [0.25, 0.3) is 0 Å². The van der Waals surface area contributed by atoms with Crippen molar-refractivity contribution in [3.8, 4) is 0 Å². The van der Waals surface area contributed by atoms with Gasteiger partial charge in [0.15, 0.2) is 5.79 Å². The molecule has 0 unspecified atom stereocenters. The van der Waals surface area contributed by atoms with Gasteiger partial charge in [-0.1, -0.05) is 0 Å². The van der Waals surface area contributed by atoms with Crippen molar-refractivity contribution in [2.45, 2.75) is 63.9 Å². The summed E-state index contributed by atoms with van der Waals surface area (Å²) in [5, 5.41) is 0. The second kappa shape index (κ2) is 3.00. The predicted molar refractivity (Wildman–Crippen MR) is 46.9 cm³/mol. The van der Waals surface area contributed by atoms with Gasteiger partial charge in [-0.25, -0.2) is 0 Å². The van der Waals surface area contributed by atoms with Gasteiger partial charge in [0, 0.05) is 12.8 Å². The van der Waals surface area contributed by atoms with Crippen LogP contribution in [0.2, 0.25) is 0 Å². The first kappa shape index (κ1) is 8.52. The van der Waals surface area contributed by atoms with Crippen molar-refractivity contribution in [2.75, 3.05) is 0 Å². The monoisotopic (exact) mass is 170 g/mol. The van der Waals surface area contributed by atoms with Gasteiger partial charge >= 0.3 is 0 Å². The van der Waals surface area contributed by atoms with E-state index in [0.717, 1.165) is 19.3 Å². The van der Waals surface area contributed by atoms with E-state index in [2.05, 4.69) is 13.8 Å². The number of ether oxygens (including phenoxy) is 2. The standard InChI is InChI=1S/C10H18O2/c1-8-4-3-6-10(11-8)7-5-9(2)12-10/h8-9H,3-7H2,1-2H3/t8-,9+,10-/m0/s1. The molecule has 12 heavy (non-hydrogen) atoms. The van der Waals surface area contributed by atoms with Crippen molar-refractivity contribution < 1.29 is 9.47 Å². The van der Waals surface area contributed by atoms with E-state index >= 15 is 0 Å². The topological polar surface area (TPSA) is 18.5 Å². The summed E-state index contributed by atoms with van der Waals surface area (Å²) in [5.41, 5.74) is 0. The zero-order chi connectivity index (χ0) is 8.60. The van der Waals surface area contributed by atoms with Crippen LogP contribution in [0.1, 0.15) is 46.0 Å². The van der Waals surface area contributed by atoms with E-state index in [0.29, 0.717) is 12.2 Å². The van der Waals surface area contributed by atoms with Crippen molar-refractivity contribution >= 4 is 0 Å². The molecule has 0 amide bonds. The highest BCUT2D eigenvalue weighted by atomic mass is 16.7. The normalized spacial score (nSPS) is 48.5. The molecule has 2 heterocycles. The van der Waals surface area contributed by atoms with Crippen molar-refractivity contribution in [2.24, 2.45) is 0 Å². The lowest BCUT2D eigenvalue weighted by atomic mass is 9.99. The van der Waals surface area contributed by atoms with E-state index in [1.165, 1.54) is 12.8 Å². The summed E-state index contributed by atoms with van der Waals surface area (Å²) >= 11 is 0. The Labute approximate surface area is 74.2 Å². The van der Waals surface area contributed by atoms with Gasteiger partial charge in [-0.2, -0.15) is 0 Å². The molecule has 0 saturated carbocycles. The summed E-state index contributed by atoms with van der Waals surface area (Å²) in [7, 11) is 0. The third kappa shape index (κ3) is 1.50. The summed E-state index contributed by atoms with van der Waals surface area (Å²) in [6, 6.07) is 0. The van der Waals surface area contributed by atoms with Crippen LogP contribution in [0.5, 0.6) is 0 Å². The molecule has 0 aromatic carbocycles. The van der Waals surface area contributed by atoms with Crippen LogP contribution in [0.3, 0.4) is 0 Å². The Kier molecular flexibility index (Phi) is 2.13. The van der Waals surface area contributed by atoms with E-state index < -0.39 is 0 Å². The maximum Gasteiger partial charge on any atom is 0.169 e. The van der Waals surface area contributed by atoms with Crippen molar-refractivity contribution in [3.63, 3.8) is 0 Å². The van der Waals surface area contributed by atoms with E-state index in [-0.39, 0.29) is 5.79 Å². The molecule has 0 bridgehead atoms. The molecular formula is C10H18O2. The molecule has 1 spiro atoms. The fraction of sp³-hybridized carbons (Fsp3) is 1.00. The van der Waals surface area contributed by atoms with Crippen LogP contribution in [-0.2, 0) is 9.47 Å². The maximum absolute atomic E-state index is 5.88. The second-order valence-electron chi connectivity index (χ2n) is 4.20. The lowest BCUT2D eigenvalue weighted by Crippen LogP contribution is -2.39. The molecule has 3 atom stereocenters. The first-order chi connectivity index (χ1) is 5.70. The number of hydrogen-bond donors (Lipinski definition) is 0. The van der Waals surface area contributed by atoms with Gasteiger partial charge < -0.3 is 9.47 Å². The van der Waals surface area contributed by atoms with E-state index in [1.54, 1.807) is 0 Å². The summed E-state index contributed by atoms with van der Waals surface area (Å²) in [6.45, 7) is 4.28. The van der Waals surface area contributed by atoms with Crippen molar-refractivity contribution in [1.29, 1.82) is 0 Å². The Morgan fingerprint density at radius 3 is 2.25 bits per heavy atom. The molecule has 0 aromatic heterocycles. The van der Waals surface area contributed by atoms with E-state index in [4.69, 9.17) is 9.47 Å². The Morgan fingerprint density at radius 1 is 1.00 bits per heavy atom. The van der Waals surface area contributed by atoms with E-state index in [9.17, 15) is 0 Å². The summed E-state index contributed by atoms with van der Waals surface area (Å²) in [6.07, 6.45) is 6.60. The molecule has 0 N–H and O–H groups in total. The van der Waals surface area contributed by atoms with Gasteiger partial charge in [0.2, 0.25) is 0 Å². The highest BCUT2D eigenvalue weighted by Gasteiger charge is 2.42. The molecule has 2 fully saturated rings. The van der Waals surface area contributed by atoms with Crippen LogP contribution >= 0.6 is 0 Å². The summed E-state index contributed by atoms with van der Waals surface area (Å²) < 4.78 is 11.7. The van der Waals surface area contributed by atoms with Gasteiger partial charge in [-0.3, -0.25) is 0 Å². The van der Waals surface area contributed by atoms with Gasteiger partial charge in [0.1, 0.15) is 0 Å². The molecule has 2 saturated heterocycles. The molecule has 2 rings (SSSR count). The molecule has 0 aromatic rings. The number of hydrogen-bond acceptors (Lipinski definition) is 2. The quantitative estimate of drug-likeness (QED) is 0.556. The molecule has 2 aliphatic heterocycles. The third-order valence-corrected chi connectivity index (χ3v) is 2.93. The minimum Gasteiger partial charge on any atom is -0.347 e. The van der Waals surface area contributed by atoms with Crippen LogP contribution in [-0.4, -0.2) is 18.0 Å². The largest absolute Gasteiger partial charge is 0.347 e. The fourth-order valence-electron chi connectivity index (χ4n) is 2.32. The SMILES string of the molecule is C[C@@H]1CC[C@]2(CCC[C@H](C)O2)O1. The van der Waals surface area contributed by atoms with Crippen LogP contribution in [0, 0.1) is 0 Å². The van der Waals surface area contributed by atoms with Crippen LogP contribution in [0.15, 0.2) is 0 Å². The van der Waals surface area contributed by atoms with E-state index in [1.807, 2.05) is 0 Å². The van der Waals surface area contributed by atoms with Crippen molar-refractivity contribution in [1.82, 2.24) is 0 Å². The highest BCUT2D eigenvalue weighted by molar-refractivity contribution is 4.83. The lowest BCUT2D eigenvalue weighted by molar-refractivity contribution is -0.264. The minimum absolute atomic E-state index is 0.183. The Morgan fingerprint density at radius 2 is 1.67 bits per heavy atom. The highest BCUT2D eigenvalue weighted by Crippen LogP contribution is 2.40. The second-order valence-corrected chi connectivity index (χ2v) is 4.20. The zero-order valence-electron chi connectivity index (χ0n) is 8.01. The average molecular weight is 170 g/mol. The fourth-order valence-corrected chi connectivity index (χ4v) is 2.32. The molecule has 0 aliphatic carbocycles. The van der Waals surface area contributed by atoms with Gasteiger partial charge in [-0.05, 0) is 33.1 Å². The summed E-state index contributed by atoms with van der Waals surface area (Å²) in [5.74, 6) is -0.183. The van der Waals surface area contributed by atoms with Gasteiger partial charge in [0.25, 0.3) is 0 Å². The molecule has 2 nitrogen and oxygen atoms in total. The third-order valence-electron chi connectivity index (χ3n) is 2.93. The smallest absolute Gasteiger partial charge is 0.169 e. The first-order valence-electron chi connectivity index (χ1n) is 5.06. The van der Waals surface area contributed by atoms with Gasteiger partial charge in [0.05, 0.1) is 12.2 Å². The molecule has 70 valence electrons. The molecular weight excluding hydrogens is 152 g/mol. The van der Waals surface area contributed by atoms with Crippen LogP contribution in [0.4, 0.5) is 0 Å². The Bertz CT molecular complexity index is 165. The zero-order valence-corrected chi connectivity index (χ0v) is 8.01. The van der Waals surface area contributed by atoms with Crippen LogP contribution < -0.4 is 0 Å². The molecule has 2 heteroatoms. The number of rotatable bonds is 0. The Balaban J connectivity index is 2.00. The molecule has 2 aliphatic rings. The minimum atomic E-state index is -0.183. The van der Waals surface area contributed by atoms with Crippen molar-refractivity contribution in [3.05, 3.63) is 0 Å². The van der Waals surface area contributed by atoms with Gasteiger partial charge in [-0.15, -0.1) is 0 Å². The first-order valence-corrected chi connectivity index (χ1v) is 5.06.